The number of oxazole rings is 1. The first-order valence-electron chi connectivity index (χ1n) is 10.3. The Morgan fingerprint density at radius 3 is 2.73 bits per heavy atom. The van der Waals surface area contributed by atoms with Crippen LogP contribution in [0.2, 0.25) is 0 Å². The van der Waals surface area contributed by atoms with E-state index in [0.717, 1.165) is 31.2 Å². The van der Waals surface area contributed by atoms with Gasteiger partial charge in [0.05, 0.1) is 36.1 Å². The SMILES string of the molecule is COC[C@@H]1C[C@@H](NC(=O)c2ncc(-c3cc(C(F)(F)F)ccc3OC3CC3)o2)CN1C(=O)O. The van der Waals surface area contributed by atoms with E-state index in [0.29, 0.717) is 6.42 Å². The molecule has 2 aliphatic rings. The summed E-state index contributed by atoms with van der Waals surface area (Å²) in [7, 11) is 1.45. The molecule has 1 aliphatic carbocycles. The fraction of sp³-hybridized carbons (Fsp3) is 0.476. The third-order valence-electron chi connectivity index (χ3n) is 5.44. The van der Waals surface area contributed by atoms with Gasteiger partial charge in [0, 0.05) is 19.7 Å². The van der Waals surface area contributed by atoms with Crippen molar-refractivity contribution in [3.8, 4) is 17.1 Å². The summed E-state index contributed by atoms with van der Waals surface area (Å²) in [5.74, 6) is -0.884. The number of amides is 2. The Bertz CT molecular complexity index is 1040. The molecule has 0 radical (unpaired) electrons. The van der Waals surface area contributed by atoms with E-state index < -0.39 is 35.8 Å². The Morgan fingerprint density at radius 2 is 2.09 bits per heavy atom. The number of halogens is 3. The zero-order valence-corrected chi connectivity index (χ0v) is 17.6. The van der Waals surface area contributed by atoms with Crippen LogP contribution in [0, 0.1) is 0 Å². The first-order valence-corrected chi connectivity index (χ1v) is 10.3. The Balaban J connectivity index is 1.52. The molecule has 4 rings (SSSR count). The maximum Gasteiger partial charge on any atom is 0.416 e. The number of nitrogens with one attached hydrogen (secondary N) is 1. The minimum Gasteiger partial charge on any atom is -0.490 e. The summed E-state index contributed by atoms with van der Waals surface area (Å²) in [4.78, 5) is 29.1. The van der Waals surface area contributed by atoms with E-state index in [1.807, 2.05) is 0 Å². The first-order chi connectivity index (χ1) is 15.7. The van der Waals surface area contributed by atoms with Crippen molar-refractivity contribution < 1.29 is 41.8 Å². The second-order valence-corrected chi connectivity index (χ2v) is 8.01. The van der Waals surface area contributed by atoms with Crippen LogP contribution in [0.4, 0.5) is 18.0 Å². The summed E-state index contributed by atoms with van der Waals surface area (Å²) in [6, 6.07) is 2.15. The van der Waals surface area contributed by atoms with Crippen molar-refractivity contribution in [2.24, 2.45) is 0 Å². The van der Waals surface area contributed by atoms with Gasteiger partial charge in [-0.3, -0.25) is 4.79 Å². The van der Waals surface area contributed by atoms with Crippen LogP contribution in [0.15, 0.2) is 28.8 Å². The van der Waals surface area contributed by atoms with Gasteiger partial charge in [-0.15, -0.1) is 0 Å². The zero-order valence-electron chi connectivity index (χ0n) is 17.6. The van der Waals surface area contributed by atoms with Crippen molar-refractivity contribution in [2.45, 2.75) is 43.6 Å². The largest absolute Gasteiger partial charge is 0.490 e. The number of aromatic nitrogens is 1. The molecule has 2 atom stereocenters. The van der Waals surface area contributed by atoms with E-state index in [9.17, 15) is 27.9 Å². The van der Waals surface area contributed by atoms with Crippen LogP contribution < -0.4 is 10.1 Å². The number of hydrogen-bond donors (Lipinski definition) is 2. The van der Waals surface area contributed by atoms with E-state index in [1.165, 1.54) is 18.1 Å². The van der Waals surface area contributed by atoms with Gasteiger partial charge in [0.25, 0.3) is 5.89 Å². The summed E-state index contributed by atoms with van der Waals surface area (Å²) in [5.41, 5.74) is -0.840. The molecule has 1 aromatic heterocycles. The lowest BCUT2D eigenvalue weighted by Crippen LogP contribution is -2.39. The van der Waals surface area contributed by atoms with Crippen molar-refractivity contribution in [3.05, 3.63) is 35.9 Å². The summed E-state index contributed by atoms with van der Waals surface area (Å²) < 4.78 is 55.9. The molecule has 1 saturated carbocycles. The van der Waals surface area contributed by atoms with Crippen LogP contribution in [-0.2, 0) is 10.9 Å². The first kappa shape index (κ1) is 22.9. The number of methoxy groups -OCH3 is 1. The molecule has 1 aliphatic heterocycles. The molecule has 12 heteroatoms. The highest BCUT2D eigenvalue weighted by atomic mass is 19.4. The average Bonchev–Trinajstić information content (AvgIpc) is 3.26. The second-order valence-electron chi connectivity index (χ2n) is 8.01. The van der Waals surface area contributed by atoms with Gasteiger partial charge in [-0.2, -0.15) is 13.2 Å². The molecule has 0 spiro atoms. The third kappa shape index (κ3) is 5.21. The highest BCUT2D eigenvalue weighted by molar-refractivity contribution is 5.90. The molecule has 2 amide bonds. The summed E-state index contributed by atoms with van der Waals surface area (Å²) in [5, 5.41) is 12.0. The van der Waals surface area contributed by atoms with Gasteiger partial charge >= 0.3 is 18.2 Å². The minimum absolute atomic E-state index is 0.0429. The van der Waals surface area contributed by atoms with E-state index in [2.05, 4.69) is 10.3 Å². The maximum atomic E-state index is 13.2. The standard InChI is InChI=1S/C21H22F3N3O6/c1-31-10-13-7-12(9-27(13)20(29)30)26-18(28)19-25-8-17(33-19)15-6-11(21(22,23)24)2-5-16(15)32-14-3-4-14/h2,5-6,8,12-14H,3-4,7,9-10H2,1H3,(H,26,28)(H,29,30)/t12-,13+/m1/s1. The number of likely N-dealkylation sites (tertiary alicyclic amines) is 1. The van der Waals surface area contributed by atoms with Gasteiger partial charge in [0.15, 0.2) is 5.76 Å². The number of benzene rings is 1. The van der Waals surface area contributed by atoms with Gasteiger partial charge in [-0.1, -0.05) is 0 Å². The van der Waals surface area contributed by atoms with Gasteiger partial charge in [-0.05, 0) is 37.5 Å². The molecule has 0 bridgehead atoms. The van der Waals surface area contributed by atoms with Gasteiger partial charge in [-0.25, -0.2) is 9.78 Å². The number of carbonyl (C=O) groups is 2. The molecule has 0 unspecified atom stereocenters. The van der Waals surface area contributed by atoms with Crippen LogP contribution in [0.25, 0.3) is 11.3 Å². The highest BCUT2D eigenvalue weighted by Gasteiger charge is 2.37. The Morgan fingerprint density at radius 1 is 1.33 bits per heavy atom. The number of carbonyl (C=O) groups excluding carboxylic acids is 1. The van der Waals surface area contributed by atoms with E-state index >= 15 is 0 Å². The number of carboxylic acid groups (broad SMARTS) is 1. The van der Waals surface area contributed by atoms with Gasteiger partial charge in [0.1, 0.15) is 5.75 Å². The molecule has 33 heavy (non-hydrogen) atoms. The lowest BCUT2D eigenvalue weighted by molar-refractivity contribution is -0.137. The highest BCUT2D eigenvalue weighted by Crippen LogP contribution is 2.39. The molecule has 2 fully saturated rings. The van der Waals surface area contributed by atoms with E-state index in [-0.39, 0.29) is 42.2 Å². The maximum absolute atomic E-state index is 13.2. The fourth-order valence-electron chi connectivity index (χ4n) is 3.72. The molecule has 1 aromatic carbocycles. The van der Waals surface area contributed by atoms with Crippen molar-refractivity contribution in [1.82, 2.24) is 15.2 Å². The topological polar surface area (TPSA) is 114 Å². The lowest BCUT2D eigenvalue weighted by Gasteiger charge is -2.19. The monoisotopic (exact) mass is 469 g/mol. The quantitative estimate of drug-likeness (QED) is 0.639. The number of rotatable bonds is 7. The van der Waals surface area contributed by atoms with E-state index in [4.69, 9.17) is 13.9 Å². The summed E-state index contributed by atoms with van der Waals surface area (Å²) in [6.07, 6.45) is -2.63. The van der Waals surface area contributed by atoms with Gasteiger partial charge < -0.3 is 29.2 Å². The number of nitrogens with zero attached hydrogens (tertiary/aromatic N) is 2. The van der Waals surface area contributed by atoms with Crippen molar-refractivity contribution in [1.29, 1.82) is 0 Å². The molecule has 178 valence electrons. The normalized spacial score (nSPS) is 20.7. The fourth-order valence-corrected chi connectivity index (χ4v) is 3.72. The second kappa shape index (κ2) is 8.93. The average molecular weight is 469 g/mol. The molecular formula is C21H22F3N3O6. The van der Waals surface area contributed by atoms with Crippen LogP contribution in [-0.4, -0.2) is 65.4 Å². The third-order valence-corrected chi connectivity index (χ3v) is 5.44. The Labute approximate surface area is 186 Å². The van der Waals surface area contributed by atoms with Crippen molar-refractivity contribution in [2.75, 3.05) is 20.3 Å². The minimum atomic E-state index is -4.57. The van der Waals surface area contributed by atoms with Crippen LogP contribution >= 0.6 is 0 Å². The molecule has 2 N–H and O–H groups in total. The van der Waals surface area contributed by atoms with Crippen LogP contribution in [0.3, 0.4) is 0 Å². The number of hydrogen-bond acceptors (Lipinski definition) is 6. The lowest BCUT2D eigenvalue weighted by atomic mass is 10.1. The zero-order chi connectivity index (χ0) is 23.8. The number of ether oxygens (including phenoxy) is 2. The summed E-state index contributed by atoms with van der Waals surface area (Å²) >= 11 is 0. The number of alkyl halides is 3. The molecule has 2 aromatic rings. The van der Waals surface area contributed by atoms with E-state index in [1.54, 1.807) is 0 Å². The van der Waals surface area contributed by atoms with Crippen molar-refractivity contribution in [3.63, 3.8) is 0 Å². The van der Waals surface area contributed by atoms with Crippen LogP contribution in [0.1, 0.15) is 35.5 Å². The Kier molecular flexibility index (Phi) is 6.19. The molecule has 1 saturated heterocycles. The Hall–Kier alpha value is -3.28. The smallest absolute Gasteiger partial charge is 0.416 e. The predicted molar refractivity (Wildman–Crippen MR) is 107 cm³/mol. The van der Waals surface area contributed by atoms with Crippen LogP contribution in [0.5, 0.6) is 5.75 Å². The van der Waals surface area contributed by atoms with Crippen molar-refractivity contribution >= 4 is 12.0 Å². The van der Waals surface area contributed by atoms with Gasteiger partial charge in [0.2, 0.25) is 0 Å². The molecular weight excluding hydrogens is 447 g/mol. The summed E-state index contributed by atoms with van der Waals surface area (Å²) in [6.45, 7) is 0.247. The molecule has 2 heterocycles. The predicted octanol–water partition coefficient (Wildman–Crippen LogP) is 3.40. The molecule has 9 nitrogen and oxygen atoms in total.